The summed E-state index contributed by atoms with van der Waals surface area (Å²) >= 11 is 0. The second kappa shape index (κ2) is 9.10. The predicted molar refractivity (Wildman–Crippen MR) is 84.2 cm³/mol. The van der Waals surface area contributed by atoms with Gasteiger partial charge in [-0.1, -0.05) is 19.4 Å². The van der Waals surface area contributed by atoms with Gasteiger partial charge in [0.15, 0.2) is 11.5 Å². The number of methoxy groups -OCH3 is 1. The summed E-state index contributed by atoms with van der Waals surface area (Å²) in [4.78, 5) is 13.5. The third kappa shape index (κ3) is 5.94. The van der Waals surface area contributed by atoms with Gasteiger partial charge in [-0.3, -0.25) is 0 Å². The number of aryl methyl sites for hydroxylation is 1. The predicted octanol–water partition coefficient (Wildman–Crippen LogP) is 2.82. The number of carbonyl (C=O) groups excluding carboxylic acids is 1. The van der Waals surface area contributed by atoms with Crippen LogP contribution in [0.25, 0.3) is 0 Å². The minimum Gasteiger partial charge on any atom is -0.493 e. The minimum absolute atomic E-state index is 0.0667. The van der Waals surface area contributed by atoms with E-state index in [2.05, 4.69) is 12.2 Å². The lowest BCUT2D eigenvalue weighted by molar-refractivity contribution is 0.204. The first-order chi connectivity index (χ1) is 10.1. The molecule has 5 heteroatoms. The van der Waals surface area contributed by atoms with Gasteiger partial charge in [0.05, 0.1) is 13.7 Å². The number of nitrogens with one attached hydrogen (secondary N) is 1. The van der Waals surface area contributed by atoms with E-state index in [1.807, 2.05) is 25.1 Å². The first-order valence-corrected chi connectivity index (χ1v) is 7.35. The van der Waals surface area contributed by atoms with Crippen molar-refractivity contribution in [3.8, 4) is 11.5 Å². The molecule has 0 heterocycles. The smallest absolute Gasteiger partial charge is 0.317 e. The third-order valence-corrected chi connectivity index (χ3v) is 3.15. The molecule has 0 aliphatic rings. The summed E-state index contributed by atoms with van der Waals surface area (Å²) in [6, 6.07) is 5.70. The van der Waals surface area contributed by atoms with E-state index in [0.717, 1.165) is 24.9 Å². The van der Waals surface area contributed by atoms with E-state index >= 15 is 0 Å². The minimum atomic E-state index is -0.0667. The fraction of sp³-hybridized carbons (Fsp3) is 0.562. The summed E-state index contributed by atoms with van der Waals surface area (Å²) in [5.74, 6) is 1.40. The van der Waals surface area contributed by atoms with Gasteiger partial charge in [0.2, 0.25) is 0 Å². The Kier molecular flexibility index (Phi) is 7.43. The molecule has 1 N–H and O–H groups in total. The van der Waals surface area contributed by atoms with Crippen LogP contribution >= 0.6 is 0 Å². The lowest BCUT2D eigenvalue weighted by Crippen LogP contribution is -2.39. The van der Waals surface area contributed by atoms with E-state index in [-0.39, 0.29) is 6.03 Å². The molecule has 0 aliphatic heterocycles. The van der Waals surface area contributed by atoms with E-state index in [1.54, 1.807) is 19.1 Å². The van der Waals surface area contributed by atoms with Crippen molar-refractivity contribution in [2.24, 2.45) is 0 Å². The number of ether oxygens (including phenoxy) is 2. The molecule has 1 rings (SSSR count). The summed E-state index contributed by atoms with van der Waals surface area (Å²) in [6.45, 7) is 5.75. The van der Waals surface area contributed by atoms with E-state index in [0.29, 0.717) is 24.7 Å². The molecule has 0 saturated heterocycles. The number of rotatable bonds is 8. The normalized spacial score (nSPS) is 10.1. The van der Waals surface area contributed by atoms with E-state index < -0.39 is 0 Å². The van der Waals surface area contributed by atoms with Crippen molar-refractivity contribution in [1.82, 2.24) is 10.2 Å². The van der Waals surface area contributed by atoms with Crippen molar-refractivity contribution < 1.29 is 14.3 Å². The standard InChI is InChI=1S/C16H26N2O3/c1-5-6-10-18(3)16(19)17-9-11-21-14-8-7-13(2)12-15(14)20-4/h7-8,12H,5-6,9-11H2,1-4H3,(H,17,19). The van der Waals surface area contributed by atoms with Crippen molar-refractivity contribution in [1.29, 1.82) is 0 Å². The van der Waals surface area contributed by atoms with Gasteiger partial charge >= 0.3 is 6.03 Å². The van der Waals surface area contributed by atoms with Gasteiger partial charge in [-0.15, -0.1) is 0 Å². The molecule has 0 unspecified atom stereocenters. The van der Waals surface area contributed by atoms with Gasteiger partial charge in [0, 0.05) is 13.6 Å². The molecule has 0 atom stereocenters. The lowest BCUT2D eigenvalue weighted by Gasteiger charge is -2.18. The molecule has 5 nitrogen and oxygen atoms in total. The van der Waals surface area contributed by atoms with E-state index in [1.165, 1.54) is 0 Å². The van der Waals surface area contributed by atoms with Crippen molar-refractivity contribution in [2.45, 2.75) is 26.7 Å². The van der Waals surface area contributed by atoms with Crippen LogP contribution in [0.5, 0.6) is 11.5 Å². The Balaban J connectivity index is 2.32. The highest BCUT2D eigenvalue weighted by molar-refractivity contribution is 5.73. The van der Waals surface area contributed by atoms with Crippen LogP contribution in [0, 0.1) is 6.92 Å². The maximum atomic E-state index is 11.8. The van der Waals surface area contributed by atoms with Gasteiger partial charge in [-0.2, -0.15) is 0 Å². The van der Waals surface area contributed by atoms with Gasteiger partial charge in [0.25, 0.3) is 0 Å². The number of unbranched alkanes of at least 4 members (excludes halogenated alkanes) is 1. The summed E-state index contributed by atoms with van der Waals surface area (Å²) in [5.41, 5.74) is 1.12. The first-order valence-electron chi connectivity index (χ1n) is 7.35. The van der Waals surface area contributed by atoms with Crippen molar-refractivity contribution in [2.75, 3.05) is 33.9 Å². The van der Waals surface area contributed by atoms with Crippen LogP contribution < -0.4 is 14.8 Å². The van der Waals surface area contributed by atoms with Crippen LogP contribution in [0.15, 0.2) is 18.2 Å². The average molecular weight is 294 g/mol. The molecule has 0 saturated carbocycles. The molecular formula is C16H26N2O3. The number of urea groups is 1. The Hall–Kier alpha value is -1.91. The third-order valence-electron chi connectivity index (χ3n) is 3.15. The molecule has 0 aliphatic carbocycles. The van der Waals surface area contributed by atoms with Gasteiger partial charge in [-0.05, 0) is 31.0 Å². The van der Waals surface area contributed by atoms with Crippen LogP contribution in [0.4, 0.5) is 4.79 Å². The molecule has 1 aromatic rings. The SMILES string of the molecule is CCCCN(C)C(=O)NCCOc1ccc(C)cc1OC. The highest BCUT2D eigenvalue weighted by atomic mass is 16.5. The summed E-state index contributed by atoms with van der Waals surface area (Å²) in [7, 11) is 3.42. The Morgan fingerprint density at radius 1 is 1.33 bits per heavy atom. The Morgan fingerprint density at radius 3 is 2.76 bits per heavy atom. The fourth-order valence-electron chi connectivity index (χ4n) is 1.84. The lowest BCUT2D eigenvalue weighted by atomic mass is 10.2. The number of benzene rings is 1. The van der Waals surface area contributed by atoms with Gasteiger partial charge in [-0.25, -0.2) is 4.79 Å². The van der Waals surface area contributed by atoms with Crippen molar-refractivity contribution >= 4 is 6.03 Å². The van der Waals surface area contributed by atoms with E-state index in [9.17, 15) is 4.79 Å². The highest BCUT2D eigenvalue weighted by Gasteiger charge is 2.07. The topological polar surface area (TPSA) is 50.8 Å². The fourth-order valence-corrected chi connectivity index (χ4v) is 1.84. The Labute approximate surface area is 127 Å². The Bertz CT molecular complexity index is 449. The second-order valence-electron chi connectivity index (χ2n) is 5.01. The van der Waals surface area contributed by atoms with Crippen LogP contribution in [0.1, 0.15) is 25.3 Å². The quantitative estimate of drug-likeness (QED) is 0.750. The zero-order valence-electron chi connectivity index (χ0n) is 13.4. The molecule has 118 valence electrons. The van der Waals surface area contributed by atoms with Gasteiger partial charge < -0.3 is 19.7 Å². The molecule has 21 heavy (non-hydrogen) atoms. The zero-order valence-corrected chi connectivity index (χ0v) is 13.4. The highest BCUT2D eigenvalue weighted by Crippen LogP contribution is 2.27. The molecule has 1 aromatic carbocycles. The molecule has 0 aromatic heterocycles. The summed E-state index contributed by atoms with van der Waals surface area (Å²) < 4.78 is 10.9. The van der Waals surface area contributed by atoms with E-state index in [4.69, 9.17) is 9.47 Å². The molecule has 2 amide bonds. The number of hydrogen-bond donors (Lipinski definition) is 1. The second-order valence-corrected chi connectivity index (χ2v) is 5.01. The van der Waals surface area contributed by atoms with Crippen LogP contribution in [-0.4, -0.2) is 44.8 Å². The monoisotopic (exact) mass is 294 g/mol. The molecule has 0 bridgehead atoms. The maximum absolute atomic E-state index is 11.8. The zero-order chi connectivity index (χ0) is 15.7. The molecular weight excluding hydrogens is 268 g/mol. The Morgan fingerprint density at radius 2 is 2.10 bits per heavy atom. The number of hydrogen-bond acceptors (Lipinski definition) is 3. The molecule has 0 fully saturated rings. The van der Waals surface area contributed by atoms with Crippen LogP contribution in [0.3, 0.4) is 0 Å². The maximum Gasteiger partial charge on any atom is 0.317 e. The average Bonchev–Trinajstić information content (AvgIpc) is 2.49. The number of carbonyl (C=O) groups is 1. The van der Waals surface area contributed by atoms with Crippen molar-refractivity contribution in [3.63, 3.8) is 0 Å². The first kappa shape index (κ1) is 17.1. The number of amides is 2. The molecule has 0 spiro atoms. The van der Waals surface area contributed by atoms with Crippen molar-refractivity contribution in [3.05, 3.63) is 23.8 Å². The van der Waals surface area contributed by atoms with Crippen LogP contribution in [-0.2, 0) is 0 Å². The van der Waals surface area contributed by atoms with Gasteiger partial charge in [0.1, 0.15) is 6.61 Å². The summed E-state index contributed by atoms with van der Waals surface area (Å²) in [5, 5.41) is 2.83. The number of nitrogens with zero attached hydrogens (tertiary/aromatic N) is 1. The van der Waals surface area contributed by atoms with Crippen LogP contribution in [0.2, 0.25) is 0 Å². The largest absolute Gasteiger partial charge is 0.493 e. The summed E-state index contributed by atoms with van der Waals surface area (Å²) in [6.07, 6.45) is 2.09. The molecule has 0 radical (unpaired) electrons.